The number of hydrogen-bond donors (Lipinski definition) is 0. The maximum atomic E-state index is 12.8. The topological polar surface area (TPSA) is 20.3 Å². The average Bonchev–Trinajstić information content (AvgIpc) is 2.38. The molecule has 0 aromatic heterocycles. The third kappa shape index (κ3) is 3.29. The predicted molar refractivity (Wildman–Crippen MR) is 84.2 cm³/mol. The molecule has 1 aromatic rings. The monoisotopic (exact) mass is 273 g/mol. The number of carbonyl (C=O) groups excluding carboxylic acids is 1. The highest BCUT2D eigenvalue weighted by molar-refractivity contribution is 6.01. The fourth-order valence-electron chi connectivity index (χ4n) is 3.42. The van der Waals surface area contributed by atoms with Crippen molar-refractivity contribution in [3.05, 3.63) is 34.9 Å². The van der Waals surface area contributed by atoms with E-state index in [0.29, 0.717) is 11.8 Å². The molecule has 0 bridgehead atoms. The van der Waals surface area contributed by atoms with Gasteiger partial charge in [0.1, 0.15) is 0 Å². The van der Waals surface area contributed by atoms with Gasteiger partial charge in [0.2, 0.25) is 0 Å². The number of piperidine rings is 1. The minimum Gasteiger partial charge on any atom is -0.293 e. The molecule has 20 heavy (non-hydrogen) atoms. The Morgan fingerprint density at radius 1 is 1.20 bits per heavy atom. The van der Waals surface area contributed by atoms with Crippen LogP contribution in [0.5, 0.6) is 0 Å². The van der Waals surface area contributed by atoms with Gasteiger partial charge >= 0.3 is 0 Å². The number of Topliss-reactive ketones (excluding diaryl/α,β-unsaturated/α-hetero) is 1. The molecule has 1 aliphatic rings. The van der Waals surface area contributed by atoms with Crippen molar-refractivity contribution in [3.63, 3.8) is 0 Å². The van der Waals surface area contributed by atoms with Crippen LogP contribution >= 0.6 is 0 Å². The van der Waals surface area contributed by atoms with Gasteiger partial charge in [-0.25, -0.2) is 0 Å². The highest BCUT2D eigenvalue weighted by atomic mass is 16.1. The van der Waals surface area contributed by atoms with Crippen LogP contribution in [0.1, 0.15) is 48.7 Å². The number of aryl methyl sites for hydroxylation is 2. The van der Waals surface area contributed by atoms with E-state index in [4.69, 9.17) is 0 Å². The van der Waals surface area contributed by atoms with E-state index >= 15 is 0 Å². The number of hydrogen-bond acceptors (Lipinski definition) is 2. The third-order valence-electron chi connectivity index (χ3n) is 4.48. The standard InChI is InChI=1S/C18H27NO/c1-12-6-7-15(4)17(9-12)18(20)16(5)19-10-13(2)8-14(3)11-19/h6-7,9,13-14,16H,8,10-11H2,1-5H3. The highest BCUT2D eigenvalue weighted by Gasteiger charge is 2.29. The van der Waals surface area contributed by atoms with Crippen LogP contribution in [0, 0.1) is 25.7 Å². The lowest BCUT2D eigenvalue weighted by Crippen LogP contribution is -2.47. The van der Waals surface area contributed by atoms with E-state index in [9.17, 15) is 4.79 Å². The Balaban J connectivity index is 2.17. The van der Waals surface area contributed by atoms with Gasteiger partial charge in [-0.15, -0.1) is 0 Å². The first-order valence-electron chi connectivity index (χ1n) is 7.74. The summed E-state index contributed by atoms with van der Waals surface area (Å²) in [5, 5.41) is 0. The average molecular weight is 273 g/mol. The van der Waals surface area contributed by atoms with E-state index in [1.165, 1.54) is 6.42 Å². The second-order valence-electron chi connectivity index (χ2n) is 6.76. The molecule has 0 N–H and O–H groups in total. The third-order valence-corrected chi connectivity index (χ3v) is 4.48. The lowest BCUT2D eigenvalue weighted by Gasteiger charge is -2.38. The number of nitrogens with zero attached hydrogens (tertiary/aromatic N) is 1. The quantitative estimate of drug-likeness (QED) is 0.780. The van der Waals surface area contributed by atoms with Gasteiger partial charge in [0, 0.05) is 18.7 Å². The van der Waals surface area contributed by atoms with Gasteiger partial charge in [0.25, 0.3) is 0 Å². The Morgan fingerprint density at radius 2 is 1.80 bits per heavy atom. The van der Waals surface area contributed by atoms with Gasteiger partial charge in [-0.2, -0.15) is 0 Å². The fraction of sp³-hybridized carbons (Fsp3) is 0.611. The molecule has 0 spiro atoms. The van der Waals surface area contributed by atoms with Crippen molar-refractivity contribution in [2.75, 3.05) is 13.1 Å². The number of benzene rings is 1. The van der Waals surface area contributed by atoms with Crippen LogP contribution in [-0.4, -0.2) is 29.8 Å². The van der Waals surface area contributed by atoms with Gasteiger partial charge in [-0.1, -0.05) is 31.5 Å². The summed E-state index contributed by atoms with van der Waals surface area (Å²) < 4.78 is 0. The maximum absolute atomic E-state index is 12.8. The second-order valence-corrected chi connectivity index (χ2v) is 6.76. The zero-order chi connectivity index (χ0) is 14.9. The molecule has 3 unspecified atom stereocenters. The molecule has 1 fully saturated rings. The number of likely N-dealkylation sites (tertiary alicyclic amines) is 1. The largest absolute Gasteiger partial charge is 0.293 e. The van der Waals surface area contributed by atoms with Crippen LogP contribution in [0.4, 0.5) is 0 Å². The van der Waals surface area contributed by atoms with Crippen LogP contribution in [0.2, 0.25) is 0 Å². The molecule has 2 rings (SSSR count). The summed E-state index contributed by atoms with van der Waals surface area (Å²) in [5.41, 5.74) is 3.14. The highest BCUT2D eigenvalue weighted by Crippen LogP contribution is 2.24. The van der Waals surface area contributed by atoms with E-state index in [0.717, 1.165) is 29.8 Å². The first kappa shape index (κ1) is 15.2. The molecular formula is C18H27NO. The number of carbonyl (C=O) groups is 1. The molecule has 1 aromatic carbocycles. The van der Waals surface area contributed by atoms with Gasteiger partial charge in [-0.3, -0.25) is 9.69 Å². The number of ketones is 1. The smallest absolute Gasteiger partial charge is 0.179 e. The summed E-state index contributed by atoms with van der Waals surface area (Å²) in [5.74, 6) is 1.65. The molecular weight excluding hydrogens is 246 g/mol. The maximum Gasteiger partial charge on any atom is 0.179 e. The lowest BCUT2D eigenvalue weighted by atomic mass is 9.89. The van der Waals surface area contributed by atoms with Gasteiger partial charge in [0.15, 0.2) is 5.78 Å². The fourth-order valence-corrected chi connectivity index (χ4v) is 3.42. The molecule has 1 saturated heterocycles. The van der Waals surface area contributed by atoms with Gasteiger partial charge in [-0.05, 0) is 50.7 Å². The van der Waals surface area contributed by atoms with Crippen molar-refractivity contribution in [2.45, 2.75) is 47.1 Å². The molecule has 2 heteroatoms. The Kier molecular flexibility index (Phi) is 4.64. The zero-order valence-corrected chi connectivity index (χ0v) is 13.4. The van der Waals surface area contributed by atoms with E-state index in [2.05, 4.69) is 37.8 Å². The van der Waals surface area contributed by atoms with Crippen molar-refractivity contribution in [1.29, 1.82) is 0 Å². The van der Waals surface area contributed by atoms with Gasteiger partial charge in [0.05, 0.1) is 6.04 Å². The Labute approximate surface area is 123 Å². The summed E-state index contributed by atoms with van der Waals surface area (Å²) in [6.45, 7) is 12.8. The summed E-state index contributed by atoms with van der Waals surface area (Å²) >= 11 is 0. The molecule has 2 nitrogen and oxygen atoms in total. The summed E-state index contributed by atoms with van der Waals surface area (Å²) in [6, 6.07) is 6.14. The summed E-state index contributed by atoms with van der Waals surface area (Å²) in [4.78, 5) is 15.2. The Bertz CT molecular complexity index is 484. The summed E-state index contributed by atoms with van der Waals surface area (Å²) in [7, 11) is 0. The van der Waals surface area contributed by atoms with Crippen molar-refractivity contribution < 1.29 is 4.79 Å². The van der Waals surface area contributed by atoms with Crippen molar-refractivity contribution in [3.8, 4) is 0 Å². The van der Waals surface area contributed by atoms with E-state index in [-0.39, 0.29) is 11.8 Å². The van der Waals surface area contributed by atoms with E-state index < -0.39 is 0 Å². The van der Waals surface area contributed by atoms with Crippen molar-refractivity contribution in [2.24, 2.45) is 11.8 Å². The van der Waals surface area contributed by atoms with Crippen LogP contribution in [-0.2, 0) is 0 Å². The minimum absolute atomic E-state index is 0.0132. The second kappa shape index (κ2) is 6.09. The summed E-state index contributed by atoms with van der Waals surface area (Å²) in [6.07, 6.45) is 1.28. The molecule has 1 aliphatic heterocycles. The van der Waals surface area contributed by atoms with Crippen LogP contribution in [0.15, 0.2) is 18.2 Å². The lowest BCUT2D eigenvalue weighted by molar-refractivity contribution is 0.0686. The SMILES string of the molecule is Cc1ccc(C)c(C(=O)C(C)N2CC(C)CC(C)C2)c1. The van der Waals surface area contributed by atoms with Crippen LogP contribution < -0.4 is 0 Å². The van der Waals surface area contributed by atoms with Crippen molar-refractivity contribution in [1.82, 2.24) is 4.90 Å². The molecule has 0 radical (unpaired) electrons. The van der Waals surface area contributed by atoms with Crippen LogP contribution in [0.25, 0.3) is 0 Å². The van der Waals surface area contributed by atoms with E-state index in [1.807, 2.05) is 19.9 Å². The zero-order valence-electron chi connectivity index (χ0n) is 13.4. The first-order chi connectivity index (χ1) is 9.38. The van der Waals surface area contributed by atoms with Gasteiger partial charge < -0.3 is 0 Å². The Morgan fingerprint density at radius 3 is 2.40 bits per heavy atom. The molecule has 110 valence electrons. The van der Waals surface area contributed by atoms with E-state index in [1.54, 1.807) is 0 Å². The van der Waals surface area contributed by atoms with Crippen molar-refractivity contribution >= 4 is 5.78 Å². The molecule has 0 saturated carbocycles. The molecule has 3 atom stereocenters. The first-order valence-corrected chi connectivity index (χ1v) is 7.74. The predicted octanol–water partition coefficient (Wildman–Crippen LogP) is 3.85. The van der Waals surface area contributed by atoms with Crippen LogP contribution in [0.3, 0.4) is 0 Å². The number of rotatable bonds is 3. The molecule has 0 amide bonds. The normalized spacial score (nSPS) is 25.4. The minimum atomic E-state index is -0.0132. The molecule has 1 heterocycles. The molecule has 0 aliphatic carbocycles. The Hall–Kier alpha value is -1.15.